The Morgan fingerprint density at radius 3 is 2.42 bits per heavy atom. The lowest BCUT2D eigenvalue weighted by molar-refractivity contribution is -0.156. The number of hydrogen-bond acceptors (Lipinski definition) is 6. The largest absolute Gasteiger partial charge is 0.455 e. The molecule has 1 unspecified atom stereocenters. The first-order valence-electron chi connectivity index (χ1n) is 11.2. The lowest BCUT2D eigenvalue weighted by Crippen LogP contribution is -2.50. The van der Waals surface area contributed by atoms with Crippen molar-refractivity contribution < 1.29 is 23.5 Å². The van der Waals surface area contributed by atoms with Gasteiger partial charge >= 0.3 is 5.97 Å². The standard InChI is InChI=1S/C24H27FN4O4/c25-20-8-6-18(7-9-20)23(31)29-11-3-4-19(16-29)24(32)33-17-22(30)28-14-12-27(13-15-28)21-5-1-2-10-26-21/h1-2,5-10,19H,3-4,11-17H2. The molecule has 0 N–H and O–H groups in total. The zero-order valence-corrected chi connectivity index (χ0v) is 18.4. The number of piperazine rings is 1. The van der Waals surface area contributed by atoms with Gasteiger partial charge < -0.3 is 19.4 Å². The number of aromatic nitrogens is 1. The Morgan fingerprint density at radius 2 is 1.73 bits per heavy atom. The summed E-state index contributed by atoms with van der Waals surface area (Å²) in [5.41, 5.74) is 0.380. The van der Waals surface area contributed by atoms with Gasteiger partial charge in [-0.15, -0.1) is 0 Å². The molecule has 33 heavy (non-hydrogen) atoms. The molecule has 0 saturated carbocycles. The number of ether oxygens (including phenoxy) is 1. The Labute approximate surface area is 191 Å². The molecular weight excluding hydrogens is 427 g/mol. The van der Waals surface area contributed by atoms with Gasteiger partial charge in [-0.2, -0.15) is 0 Å². The third-order valence-electron chi connectivity index (χ3n) is 6.08. The second-order valence-corrected chi connectivity index (χ2v) is 8.26. The molecule has 0 spiro atoms. The molecule has 2 aliphatic rings. The summed E-state index contributed by atoms with van der Waals surface area (Å²) in [4.78, 5) is 47.5. The summed E-state index contributed by atoms with van der Waals surface area (Å²) in [5, 5.41) is 0. The van der Waals surface area contributed by atoms with Crippen molar-refractivity contribution in [2.45, 2.75) is 12.8 Å². The van der Waals surface area contributed by atoms with Gasteiger partial charge in [-0.05, 0) is 49.2 Å². The van der Waals surface area contributed by atoms with Crippen LogP contribution in [-0.4, -0.2) is 78.4 Å². The van der Waals surface area contributed by atoms with E-state index in [4.69, 9.17) is 4.74 Å². The molecule has 2 fully saturated rings. The van der Waals surface area contributed by atoms with Crippen molar-refractivity contribution in [2.24, 2.45) is 5.92 Å². The predicted octanol–water partition coefficient (Wildman–Crippen LogP) is 1.96. The highest BCUT2D eigenvalue weighted by Crippen LogP contribution is 2.20. The van der Waals surface area contributed by atoms with Gasteiger partial charge in [0.25, 0.3) is 11.8 Å². The molecule has 1 aromatic heterocycles. The molecule has 2 amide bonds. The molecule has 2 saturated heterocycles. The van der Waals surface area contributed by atoms with Crippen LogP contribution in [0.25, 0.3) is 0 Å². The Hall–Kier alpha value is -3.49. The number of piperidine rings is 1. The number of likely N-dealkylation sites (tertiary alicyclic amines) is 1. The van der Waals surface area contributed by atoms with E-state index in [2.05, 4.69) is 9.88 Å². The summed E-state index contributed by atoms with van der Waals surface area (Å²) in [7, 11) is 0. The summed E-state index contributed by atoms with van der Waals surface area (Å²) in [6, 6.07) is 11.1. The number of benzene rings is 1. The number of pyridine rings is 1. The fraction of sp³-hybridized carbons (Fsp3) is 0.417. The van der Waals surface area contributed by atoms with Gasteiger partial charge in [0.15, 0.2) is 6.61 Å². The van der Waals surface area contributed by atoms with Crippen LogP contribution >= 0.6 is 0 Å². The van der Waals surface area contributed by atoms with E-state index in [1.165, 1.54) is 24.3 Å². The quantitative estimate of drug-likeness (QED) is 0.643. The molecule has 1 atom stereocenters. The Balaban J connectivity index is 1.23. The van der Waals surface area contributed by atoms with Crippen LogP contribution in [0.15, 0.2) is 48.7 Å². The predicted molar refractivity (Wildman–Crippen MR) is 119 cm³/mol. The highest BCUT2D eigenvalue weighted by atomic mass is 19.1. The summed E-state index contributed by atoms with van der Waals surface area (Å²) in [5.74, 6) is -0.931. The third-order valence-corrected chi connectivity index (χ3v) is 6.08. The van der Waals surface area contributed by atoms with Gasteiger partial charge in [-0.25, -0.2) is 9.37 Å². The lowest BCUT2D eigenvalue weighted by Gasteiger charge is -2.35. The smallest absolute Gasteiger partial charge is 0.311 e. The van der Waals surface area contributed by atoms with Gasteiger partial charge in [0.1, 0.15) is 11.6 Å². The number of carbonyl (C=O) groups excluding carboxylic acids is 3. The number of anilines is 1. The number of rotatable bonds is 5. The van der Waals surface area contributed by atoms with Crippen LogP contribution in [0.2, 0.25) is 0 Å². The number of carbonyl (C=O) groups is 3. The summed E-state index contributed by atoms with van der Waals surface area (Å²) >= 11 is 0. The number of hydrogen-bond donors (Lipinski definition) is 0. The van der Waals surface area contributed by atoms with Crippen molar-refractivity contribution in [2.75, 3.05) is 50.8 Å². The van der Waals surface area contributed by atoms with Crippen LogP contribution in [0.3, 0.4) is 0 Å². The Kier molecular flexibility index (Phi) is 7.16. The van der Waals surface area contributed by atoms with Gasteiger partial charge in [-0.1, -0.05) is 6.07 Å². The lowest BCUT2D eigenvalue weighted by atomic mass is 9.97. The molecule has 0 bridgehead atoms. The van der Waals surface area contributed by atoms with Crippen LogP contribution in [0, 0.1) is 11.7 Å². The van der Waals surface area contributed by atoms with Crippen LogP contribution in [0.4, 0.5) is 10.2 Å². The Bertz CT molecular complexity index is 978. The van der Waals surface area contributed by atoms with Gasteiger partial charge in [-0.3, -0.25) is 14.4 Å². The molecule has 9 heteroatoms. The summed E-state index contributed by atoms with van der Waals surface area (Å²) in [6.07, 6.45) is 3.00. The number of amides is 2. The molecule has 1 aromatic carbocycles. The molecular formula is C24H27FN4O4. The second-order valence-electron chi connectivity index (χ2n) is 8.26. The second kappa shape index (κ2) is 10.4. The Morgan fingerprint density at radius 1 is 0.970 bits per heavy atom. The van der Waals surface area contributed by atoms with Gasteiger partial charge in [0.2, 0.25) is 0 Å². The van der Waals surface area contributed by atoms with E-state index in [1.807, 2.05) is 18.2 Å². The van der Waals surface area contributed by atoms with E-state index < -0.39 is 17.7 Å². The van der Waals surface area contributed by atoms with E-state index in [-0.39, 0.29) is 25.0 Å². The highest BCUT2D eigenvalue weighted by molar-refractivity contribution is 5.94. The van der Waals surface area contributed by atoms with Crippen molar-refractivity contribution in [3.8, 4) is 0 Å². The number of esters is 1. The molecule has 3 heterocycles. The maximum absolute atomic E-state index is 13.1. The SMILES string of the molecule is O=C(OCC(=O)N1CCN(c2ccccn2)CC1)C1CCCN(C(=O)c2ccc(F)cc2)C1. The van der Waals surface area contributed by atoms with Crippen molar-refractivity contribution in [3.63, 3.8) is 0 Å². The van der Waals surface area contributed by atoms with E-state index >= 15 is 0 Å². The topological polar surface area (TPSA) is 83.1 Å². The normalized spacial score (nSPS) is 18.7. The molecule has 0 radical (unpaired) electrons. The maximum atomic E-state index is 13.1. The van der Waals surface area contributed by atoms with Crippen molar-refractivity contribution in [3.05, 3.63) is 60.0 Å². The minimum absolute atomic E-state index is 0.223. The van der Waals surface area contributed by atoms with Crippen molar-refractivity contribution >= 4 is 23.6 Å². The zero-order valence-electron chi connectivity index (χ0n) is 18.4. The molecule has 8 nitrogen and oxygen atoms in total. The monoisotopic (exact) mass is 454 g/mol. The van der Waals surface area contributed by atoms with Gasteiger partial charge in [0.05, 0.1) is 5.92 Å². The zero-order chi connectivity index (χ0) is 23.2. The van der Waals surface area contributed by atoms with E-state index in [0.29, 0.717) is 51.1 Å². The summed E-state index contributed by atoms with van der Waals surface area (Å²) in [6.45, 7) is 2.86. The van der Waals surface area contributed by atoms with Crippen LogP contribution in [0.5, 0.6) is 0 Å². The van der Waals surface area contributed by atoms with E-state index in [9.17, 15) is 18.8 Å². The molecule has 2 aromatic rings. The van der Waals surface area contributed by atoms with Crippen molar-refractivity contribution in [1.82, 2.24) is 14.8 Å². The van der Waals surface area contributed by atoms with Crippen LogP contribution < -0.4 is 4.90 Å². The molecule has 2 aliphatic heterocycles. The van der Waals surface area contributed by atoms with E-state index in [0.717, 1.165) is 5.82 Å². The fourth-order valence-electron chi connectivity index (χ4n) is 4.20. The first-order valence-corrected chi connectivity index (χ1v) is 11.2. The minimum Gasteiger partial charge on any atom is -0.455 e. The fourth-order valence-corrected chi connectivity index (χ4v) is 4.20. The molecule has 174 valence electrons. The maximum Gasteiger partial charge on any atom is 0.311 e. The first kappa shape index (κ1) is 22.7. The van der Waals surface area contributed by atoms with Crippen LogP contribution in [-0.2, 0) is 14.3 Å². The minimum atomic E-state index is -0.475. The first-order chi connectivity index (χ1) is 16.0. The average Bonchev–Trinajstić information content (AvgIpc) is 2.88. The third kappa shape index (κ3) is 5.66. The number of nitrogens with zero attached hydrogens (tertiary/aromatic N) is 4. The van der Waals surface area contributed by atoms with Gasteiger partial charge in [0, 0.05) is 51.0 Å². The summed E-state index contributed by atoms with van der Waals surface area (Å²) < 4.78 is 18.4. The van der Waals surface area contributed by atoms with E-state index in [1.54, 1.807) is 16.0 Å². The molecule has 0 aliphatic carbocycles. The van der Waals surface area contributed by atoms with Crippen molar-refractivity contribution in [1.29, 1.82) is 0 Å². The van der Waals surface area contributed by atoms with Crippen LogP contribution in [0.1, 0.15) is 23.2 Å². The molecule has 4 rings (SSSR count). The average molecular weight is 455 g/mol. The highest BCUT2D eigenvalue weighted by Gasteiger charge is 2.31. The number of halogens is 1.